The molecule has 0 spiro atoms. The van der Waals surface area contributed by atoms with Crippen molar-refractivity contribution in [3.63, 3.8) is 0 Å². The molecular weight excluding hydrogens is 198 g/mol. The smallest absolute Gasteiger partial charge is 0.225 e. The standard InChI is InChI=1S/C14H29NO/c1-5-8-11-15(12-9-6-2)14(16)13(4)10-7-3/h13H,5-12H2,1-4H3/t13-/m0/s1. The summed E-state index contributed by atoms with van der Waals surface area (Å²) in [5.41, 5.74) is 0. The van der Waals surface area contributed by atoms with Gasteiger partial charge in [0.15, 0.2) is 0 Å². The van der Waals surface area contributed by atoms with Crippen LogP contribution in [-0.2, 0) is 4.79 Å². The number of nitrogens with zero attached hydrogens (tertiary/aromatic N) is 1. The van der Waals surface area contributed by atoms with Crippen molar-refractivity contribution < 1.29 is 4.79 Å². The third-order valence-electron chi connectivity index (χ3n) is 3.02. The summed E-state index contributed by atoms with van der Waals surface area (Å²) >= 11 is 0. The molecule has 0 saturated heterocycles. The number of unbranched alkanes of at least 4 members (excludes halogenated alkanes) is 2. The second-order valence-electron chi connectivity index (χ2n) is 4.72. The first-order valence-electron chi connectivity index (χ1n) is 6.96. The molecule has 96 valence electrons. The lowest BCUT2D eigenvalue weighted by molar-refractivity contribution is -0.135. The minimum Gasteiger partial charge on any atom is -0.342 e. The fraction of sp³-hybridized carbons (Fsp3) is 0.929. The van der Waals surface area contributed by atoms with Gasteiger partial charge in [0, 0.05) is 19.0 Å². The number of hydrogen-bond acceptors (Lipinski definition) is 1. The molecule has 0 aliphatic carbocycles. The largest absolute Gasteiger partial charge is 0.342 e. The minimum atomic E-state index is 0.207. The summed E-state index contributed by atoms with van der Waals surface area (Å²) in [4.78, 5) is 14.2. The molecule has 0 aromatic heterocycles. The van der Waals surface area contributed by atoms with E-state index < -0.39 is 0 Å². The van der Waals surface area contributed by atoms with Gasteiger partial charge in [-0.05, 0) is 19.3 Å². The molecule has 0 unspecified atom stereocenters. The van der Waals surface area contributed by atoms with Gasteiger partial charge >= 0.3 is 0 Å². The van der Waals surface area contributed by atoms with Crippen LogP contribution in [0.5, 0.6) is 0 Å². The average Bonchev–Trinajstić information content (AvgIpc) is 2.29. The maximum Gasteiger partial charge on any atom is 0.225 e. The van der Waals surface area contributed by atoms with Gasteiger partial charge in [-0.2, -0.15) is 0 Å². The van der Waals surface area contributed by atoms with Crippen molar-refractivity contribution in [3.8, 4) is 0 Å². The molecule has 16 heavy (non-hydrogen) atoms. The molecule has 0 aliphatic heterocycles. The third-order valence-corrected chi connectivity index (χ3v) is 3.02. The number of carbonyl (C=O) groups is 1. The van der Waals surface area contributed by atoms with Crippen LogP contribution in [0.1, 0.15) is 66.2 Å². The SMILES string of the molecule is CCCCN(CCCC)C(=O)[C@@H](C)CCC. The Bertz CT molecular complexity index is 172. The fourth-order valence-electron chi connectivity index (χ4n) is 1.90. The van der Waals surface area contributed by atoms with E-state index in [1.165, 1.54) is 0 Å². The van der Waals surface area contributed by atoms with Crippen molar-refractivity contribution in [1.82, 2.24) is 4.90 Å². The minimum absolute atomic E-state index is 0.207. The molecule has 0 bridgehead atoms. The van der Waals surface area contributed by atoms with E-state index in [1.54, 1.807) is 0 Å². The van der Waals surface area contributed by atoms with Crippen molar-refractivity contribution in [2.45, 2.75) is 66.2 Å². The molecule has 0 aromatic carbocycles. The summed E-state index contributed by atoms with van der Waals surface area (Å²) in [6, 6.07) is 0. The molecule has 0 rings (SSSR count). The van der Waals surface area contributed by atoms with E-state index in [4.69, 9.17) is 0 Å². The van der Waals surface area contributed by atoms with Crippen LogP contribution in [0.4, 0.5) is 0 Å². The van der Waals surface area contributed by atoms with Crippen molar-refractivity contribution in [3.05, 3.63) is 0 Å². The van der Waals surface area contributed by atoms with E-state index in [1.807, 2.05) is 0 Å². The second-order valence-corrected chi connectivity index (χ2v) is 4.72. The first kappa shape index (κ1) is 15.5. The van der Waals surface area contributed by atoms with Crippen LogP contribution in [0.25, 0.3) is 0 Å². The molecule has 0 aromatic rings. The fourth-order valence-corrected chi connectivity index (χ4v) is 1.90. The lowest BCUT2D eigenvalue weighted by Crippen LogP contribution is -2.36. The van der Waals surface area contributed by atoms with Crippen LogP contribution in [0.3, 0.4) is 0 Å². The van der Waals surface area contributed by atoms with E-state index in [0.29, 0.717) is 5.91 Å². The molecule has 2 heteroatoms. The molecular formula is C14H29NO. The summed E-state index contributed by atoms with van der Waals surface area (Å²) in [6.07, 6.45) is 6.72. The highest BCUT2D eigenvalue weighted by molar-refractivity contribution is 5.78. The predicted molar refractivity (Wildman–Crippen MR) is 70.5 cm³/mol. The van der Waals surface area contributed by atoms with E-state index in [0.717, 1.165) is 51.6 Å². The van der Waals surface area contributed by atoms with Crippen molar-refractivity contribution in [1.29, 1.82) is 0 Å². The summed E-state index contributed by atoms with van der Waals surface area (Å²) in [5.74, 6) is 0.572. The molecule has 0 saturated carbocycles. The lowest BCUT2D eigenvalue weighted by atomic mass is 10.0. The molecule has 2 nitrogen and oxygen atoms in total. The number of carbonyl (C=O) groups excluding carboxylic acids is 1. The second kappa shape index (κ2) is 9.68. The van der Waals surface area contributed by atoms with E-state index in [2.05, 4.69) is 32.6 Å². The molecule has 1 amide bonds. The normalized spacial score (nSPS) is 12.5. The quantitative estimate of drug-likeness (QED) is 0.586. The van der Waals surface area contributed by atoms with Crippen LogP contribution in [-0.4, -0.2) is 23.9 Å². The molecule has 0 aliphatic rings. The highest BCUT2D eigenvalue weighted by Crippen LogP contribution is 2.11. The zero-order valence-corrected chi connectivity index (χ0v) is 11.6. The number of hydrogen-bond donors (Lipinski definition) is 0. The van der Waals surface area contributed by atoms with Crippen LogP contribution >= 0.6 is 0 Å². The van der Waals surface area contributed by atoms with Gasteiger partial charge in [0.2, 0.25) is 5.91 Å². The van der Waals surface area contributed by atoms with Gasteiger partial charge < -0.3 is 4.90 Å². The Hall–Kier alpha value is -0.530. The monoisotopic (exact) mass is 227 g/mol. The van der Waals surface area contributed by atoms with Crippen LogP contribution in [0.2, 0.25) is 0 Å². The molecule has 0 radical (unpaired) electrons. The van der Waals surface area contributed by atoms with Gasteiger partial charge in [0.05, 0.1) is 0 Å². The Morgan fingerprint density at radius 1 is 1.00 bits per heavy atom. The zero-order chi connectivity index (χ0) is 12.4. The van der Waals surface area contributed by atoms with E-state index in [-0.39, 0.29) is 5.92 Å². The van der Waals surface area contributed by atoms with E-state index >= 15 is 0 Å². The van der Waals surface area contributed by atoms with E-state index in [9.17, 15) is 4.79 Å². The van der Waals surface area contributed by atoms with Crippen molar-refractivity contribution in [2.24, 2.45) is 5.92 Å². The van der Waals surface area contributed by atoms with Crippen molar-refractivity contribution in [2.75, 3.05) is 13.1 Å². The Morgan fingerprint density at radius 3 is 1.88 bits per heavy atom. The van der Waals surface area contributed by atoms with Crippen molar-refractivity contribution >= 4 is 5.91 Å². The predicted octanol–water partition coefficient (Wildman–Crippen LogP) is 3.85. The average molecular weight is 227 g/mol. The van der Waals surface area contributed by atoms with Gasteiger partial charge in [-0.3, -0.25) is 4.79 Å². The van der Waals surface area contributed by atoms with Gasteiger partial charge in [0.1, 0.15) is 0 Å². The summed E-state index contributed by atoms with van der Waals surface area (Å²) in [5, 5.41) is 0. The van der Waals surface area contributed by atoms with Gasteiger partial charge in [0.25, 0.3) is 0 Å². The topological polar surface area (TPSA) is 20.3 Å². The summed E-state index contributed by atoms with van der Waals surface area (Å²) in [6.45, 7) is 10.5. The first-order valence-corrected chi connectivity index (χ1v) is 6.96. The lowest BCUT2D eigenvalue weighted by Gasteiger charge is -2.25. The van der Waals surface area contributed by atoms with Gasteiger partial charge in [-0.1, -0.05) is 47.0 Å². The van der Waals surface area contributed by atoms with Crippen LogP contribution < -0.4 is 0 Å². The van der Waals surface area contributed by atoms with Gasteiger partial charge in [-0.25, -0.2) is 0 Å². The van der Waals surface area contributed by atoms with Crippen LogP contribution in [0.15, 0.2) is 0 Å². The Morgan fingerprint density at radius 2 is 1.50 bits per heavy atom. The number of rotatable bonds is 9. The Labute approximate surface area is 101 Å². The Kier molecular flexibility index (Phi) is 9.36. The molecule has 1 atom stereocenters. The molecule has 0 heterocycles. The first-order chi connectivity index (χ1) is 7.67. The molecule has 0 N–H and O–H groups in total. The third kappa shape index (κ3) is 6.14. The number of amides is 1. The summed E-state index contributed by atoms with van der Waals surface area (Å²) in [7, 11) is 0. The maximum absolute atomic E-state index is 12.2. The van der Waals surface area contributed by atoms with Crippen LogP contribution in [0, 0.1) is 5.92 Å². The van der Waals surface area contributed by atoms with Gasteiger partial charge in [-0.15, -0.1) is 0 Å². The summed E-state index contributed by atoms with van der Waals surface area (Å²) < 4.78 is 0. The zero-order valence-electron chi connectivity index (χ0n) is 11.6. The maximum atomic E-state index is 12.2. The highest BCUT2D eigenvalue weighted by Gasteiger charge is 2.18. The highest BCUT2D eigenvalue weighted by atomic mass is 16.2. The Balaban J connectivity index is 4.18. The molecule has 0 fully saturated rings.